The lowest BCUT2D eigenvalue weighted by Gasteiger charge is -2.18. The zero-order chi connectivity index (χ0) is 12.1. The van der Waals surface area contributed by atoms with Gasteiger partial charge < -0.3 is 14.5 Å². The highest BCUT2D eigenvalue weighted by Crippen LogP contribution is 2.25. The first-order chi connectivity index (χ1) is 8.31. The Morgan fingerprint density at radius 3 is 3.06 bits per heavy atom. The van der Waals surface area contributed by atoms with Gasteiger partial charge in [0, 0.05) is 6.61 Å². The van der Waals surface area contributed by atoms with Crippen LogP contribution in [-0.2, 0) is 4.74 Å². The van der Waals surface area contributed by atoms with E-state index in [1.807, 2.05) is 6.92 Å². The van der Waals surface area contributed by atoms with Crippen LogP contribution < -0.4 is 5.32 Å². The van der Waals surface area contributed by atoms with Gasteiger partial charge in [-0.2, -0.15) is 0 Å². The zero-order valence-electron chi connectivity index (χ0n) is 10.6. The Hall–Kier alpha value is -0.940. The van der Waals surface area contributed by atoms with Crippen LogP contribution in [0.2, 0.25) is 0 Å². The number of nitrogens with zero attached hydrogens (tertiary/aromatic N) is 2. The molecule has 2 unspecified atom stereocenters. The van der Waals surface area contributed by atoms with Gasteiger partial charge in [-0.1, -0.05) is 6.92 Å². The minimum absolute atomic E-state index is 0.126. The topological polar surface area (TPSA) is 60.2 Å². The summed E-state index contributed by atoms with van der Waals surface area (Å²) in [4.78, 5) is 0. The summed E-state index contributed by atoms with van der Waals surface area (Å²) < 4.78 is 11.1. The fourth-order valence-electron chi connectivity index (χ4n) is 1.97. The van der Waals surface area contributed by atoms with E-state index in [-0.39, 0.29) is 12.0 Å². The van der Waals surface area contributed by atoms with Crippen LogP contribution in [0.15, 0.2) is 4.42 Å². The Kier molecular flexibility index (Phi) is 4.50. The van der Waals surface area contributed by atoms with Crippen molar-refractivity contribution >= 4 is 0 Å². The van der Waals surface area contributed by atoms with Crippen molar-refractivity contribution in [3.63, 3.8) is 0 Å². The van der Waals surface area contributed by atoms with E-state index in [1.54, 1.807) is 0 Å². The zero-order valence-corrected chi connectivity index (χ0v) is 10.6. The molecule has 1 N–H and O–H groups in total. The SMILES string of the molecule is CCCNC(C)c1nnc(C2CCCOC2)o1. The van der Waals surface area contributed by atoms with Crippen molar-refractivity contribution in [3.05, 3.63) is 11.8 Å². The quantitative estimate of drug-likeness (QED) is 0.851. The first kappa shape index (κ1) is 12.5. The lowest BCUT2D eigenvalue weighted by Crippen LogP contribution is -2.19. The molecule has 0 radical (unpaired) electrons. The van der Waals surface area contributed by atoms with Crippen molar-refractivity contribution in [2.45, 2.75) is 45.1 Å². The van der Waals surface area contributed by atoms with Gasteiger partial charge in [0.2, 0.25) is 11.8 Å². The molecule has 1 aromatic rings. The van der Waals surface area contributed by atoms with Gasteiger partial charge in [0.25, 0.3) is 0 Å². The van der Waals surface area contributed by atoms with Crippen LogP contribution in [0.3, 0.4) is 0 Å². The van der Waals surface area contributed by atoms with E-state index in [9.17, 15) is 0 Å². The summed E-state index contributed by atoms with van der Waals surface area (Å²) in [5.74, 6) is 1.69. The van der Waals surface area contributed by atoms with Crippen LogP contribution in [0.1, 0.15) is 56.9 Å². The molecule has 2 heterocycles. The first-order valence-electron chi connectivity index (χ1n) is 6.45. The normalized spacial score (nSPS) is 22.6. The Morgan fingerprint density at radius 1 is 1.47 bits per heavy atom. The smallest absolute Gasteiger partial charge is 0.233 e. The molecule has 0 spiro atoms. The molecule has 1 fully saturated rings. The summed E-state index contributed by atoms with van der Waals surface area (Å²) in [6, 6.07) is 0.126. The molecule has 2 atom stereocenters. The summed E-state index contributed by atoms with van der Waals surface area (Å²) in [5, 5.41) is 11.6. The molecule has 5 nitrogen and oxygen atoms in total. The summed E-state index contributed by atoms with van der Waals surface area (Å²) in [6.07, 6.45) is 3.26. The predicted molar refractivity (Wildman–Crippen MR) is 63.8 cm³/mol. The molecule has 1 aliphatic rings. The van der Waals surface area contributed by atoms with Gasteiger partial charge in [-0.25, -0.2) is 0 Å². The Balaban J connectivity index is 1.94. The van der Waals surface area contributed by atoms with E-state index in [2.05, 4.69) is 22.4 Å². The maximum absolute atomic E-state index is 5.72. The second kappa shape index (κ2) is 6.12. The van der Waals surface area contributed by atoms with Crippen molar-refractivity contribution in [1.29, 1.82) is 0 Å². The third-order valence-electron chi connectivity index (χ3n) is 3.04. The minimum atomic E-state index is 0.126. The highest BCUT2D eigenvalue weighted by Gasteiger charge is 2.23. The number of hydrogen-bond donors (Lipinski definition) is 1. The second-order valence-electron chi connectivity index (χ2n) is 4.57. The Morgan fingerprint density at radius 2 is 2.35 bits per heavy atom. The van der Waals surface area contributed by atoms with Crippen molar-refractivity contribution < 1.29 is 9.15 Å². The van der Waals surface area contributed by atoms with Crippen LogP contribution in [0.4, 0.5) is 0 Å². The monoisotopic (exact) mass is 239 g/mol. The van der Waals surface area contributed by atoms with Crippen molar-refractivity contribution in [2.75, 3.05) is 19.8 Å². The molecule has 96 valence electrons. The molecule has 17 heavy (non-hydrogen) atoms. The van der Waals surface area contributed by atoms with Crippen LogP contribution in [0, 0.1) is 0 Å². The maximum Gasteiger partial charge on any atom is 0.233 e. The number of ether oxygens (including phenoxy) is 1. The minimum Gasteiger partial charge on any atom is -0.423 e. The molecule has 1 aliphatic heterocycles. The molecule has 0 saturated carbocycles. The van der Waals surface area contributed by atoms with E-state index in [4.69, 9.17) is 9.15 Å². The van der Waals surface area contributed by atoms with Gasteiger partial charge in [0.1, 0.15) is 0 Å². The fraction of sp³-hybridized carbons (Fsp3) is 0.833. The highest BCUT2D eigenvalue weighted by molar-refractivity contribution is 4.95. The number of aromatic nitrogens is 2. The fourth-order valence-corrected chi connectivity index (χ4v) is 1.97. The maximum atomic E-state index is 5.72. The van der Waals surface area contributed by atoms with Crippen LogP contribution in [-0.4, -0.2) is 30.0 Å². The lowest BCUT2D eigenvalue weighted by atomic mass is 10.0. The Labute approximate surface area is 102 Å². The summed E-state index contributed by atoms with van der Waals surface area (Å²) in [6.45, 7) is 6.71. The average Bonchev–Trinajstić information content (AvgIpc) is 2.86. The predicted octanol–water partition coefficient (Wildman–Crippen LogP) is 2.02. The molecule has 0 bridgehead atoms. The molecule has 0 aliphatic carbocycles. The van der Waals surface area contributed by atoms with Crippen molar-refractivity contribution in [1.82, 2.24) is 15.5 Å². The lowest BCUT2D eigenvalue weighted by molar-refractivity contribution is 0.0719. The molecule has 2 rings (SSSR count). The van der Waals surface area contributed by atoms with Gasteiger partial charge in [0.05, 0.1) is 18.6 Å². The molecule has 0 aromatic carbocycles. The van der Waals surface area contributed by atoms with Crippen LogP contribution in [0.25, 0.3) is 0 Å². The van der Waals surface area contributed by atoms with Crippen molar-refractivity contribution in [2.24, 2.45) is 0 Å². The van der Waals surface area contributed by atoms with Gasteiger partial charge >= 0.3 is 0 Å². The van der Waals surface area contributed by atoms with E-state index in [0.717, 1.165) is 38.3 Å². The van der Waals surface area contributed by atoms with E-state index < -0.39 is 0 Å². The second-order valence-corrected chi connectivity index (χ2v) is 4.57. The first-order valence-corrected chi connectivity index (χ1v) is 6.45. The average molecular weight is 239 g/mol. The van der Waals surface area contributed by atoms with Gasteiger partial charge in [-0.15, -0.1) is 10.2 Å². The number of rotatable bonds is 5. The standard InChI is InChI=1S/C12H21N3O2/c1-3-6-13-9(2)11-14-15-12(17-11)10-5-4-7-16-8-10/h9-10,13H,3-8H2,1-2H3. The van der Waals surface area contributed by atoms with Gasteiger partial charge in [-0.3, -0.25) is 0 Å². The summed E-state index contributed by atoms with van der Waals surface area (Å²) >= 11 is 0. The number of nitrogens with one attached hydrogen (secondary N) is 1. The highest BCUT2D eigenvalue weighted by atomic mass is 16.5. The van der Waals surface area contributed by atoms with Crippen LogP contribution >= 0.6 is 0 Å². The molecule has 1 aromatic heterocycles. The molecule has 0 amide bonds. The van der Waals surface area contributed by atoms with Gasteiger partial charge in [0.15, 0.2) is 0 Å². The van der Waals surface area contributed by atoms with E-state index >= 15 is 0 Å². The molecule has 1 saturated heterocycles. The third-order valence-corrected chi connectivity index (χ3v) is 3.04. The van der Waals surface area contributed by atoms with Crippen molar-refractivity contribution in [3.8, 4) is 0 Å². The van der Waals surface area contributed by atoms with Gasteiger partial charge in [-0.05, 0) is 32.7 Å². The largest absolute Gasteiger partial charge is 0.423 e. The molecular weight excluding hydrogens is 218 g/mol. The third kappa shape index (κ3) is 3.26. The number of hydrogen-bond acceptors (Lipinski definition) is 5. The van der Waals surface area contributed by atoms with E-state index in [1.165, 1.54) is 0 Å². The Bertz CT molecular complexity index is 334. The van der Waals surface area contributed by atoms with E-state index in [0.29, 0.717) is 12.5 Å². The molecular formula is C12H21N3O2. The summed E-state index contributed by atoms with van der Waals surface area (Å²) in [5.41, 5.74) is 0. The summed E-state index contributed by atoms with van der Waals surface area (Å²) in [7, 11) is 0. The molecule has 5 heteroatoms. The van der Waals surface area contributed by atoms with Crippen LogP contribution in [0.5, 0.6) is 0 Å².